The van der Waals surface area contributed by atoms with Gasteiger partial charge in [-0.25, -0.2) is 4.79 Å². The van der Waals surface area contributed by atoms with Gasteiger partial charge in [-0.15, -0.1) is 0 Å². The van der Waals surface area contributed by atoms with E-state index in [0.717, 1.165) is 18.4 Å². The van der Waals surface area contributed by atoms with Crippen LogP contribution in [0.15, 0.2) is 42.2 Å². The fourth-order valence-corrected chi connectivity index (χ4v) is 3.84. The third-order valence-electron chi connectivity index (χ3n) is 5.35. The Balaban J connectivity index is 1.27. The van der Waals surface area contributed by atoms with Crippen molar-refractivity contribution >= 4 is 12.0 Å². The first-order valence-corrected chi connectivity index (χ1v) is 9.24. The van der Waals surface area contributed by atoms with Crippen molar-refractivity contribution in [2.75, 3.05) is 33.2 Å². The summed E-state index contributed by atoms with van der Waals surface area (Å²) < 4.78 is 5.39. The second-order valence-electron chi connectivity index (χ2n) is 7.10. The average molecular weight is 372 g/mol. The third kappa shape index (κ3) is 3.57. The summed E-state index contributed by atoms with van der Waals surface area (Å²) in [6.07, 6.45) is 2.92. The third-order valence-corrected chi connectivity index (χ3v) is 5.35. The van der Waals surface area contributed by atoms with Gasteiger partial charge in [0.2, 0.25) is 0 Å². The van der Waals surface area contributed by atoms with E-state index in [1.165, 1.54) is 0 Å². The molecule has 8 nitrogen and oxygen atoms in total. The molecule has 3 heterocycles. The van der Waals surface area contributed by atoms with Crippen LogP contribution in [0.5, 0.6) is 0 Å². The van der Waals surface area contributed by atoms with E-state index >= 15 is 0 Å². The Morgan fingerprint density at radius 2 is 1.89 bits per heavy atom. The largest absolute Gasteiger partial charge is 0.445 e. The monoisotopic (exact) mass is 372 g/mol. The van der Waals surface area contributed by atoms with E-state index < -0.39 is 0 Å². The molecule has 2 amide bonds. The average Bonchev–Trinajstić information content (AvgIpc) is 3.26. The van der Waals surface area contributed by atoms with Crippen LogP contribution >= 0.6 is 0 Å². The summed E-state index contributed by atoms with van der Waals surface area (Å²) in [5.41, 5.74) is 1.61. The highest BCUT2D eigenvalue weighted by molar-refractivity contribution is 5.95. The molecule has 1 aromatic rings. The molecule has 2 saturated heterocycles. The number of aliphatic hydroxyl groups is 1. The van der Waals surface area contributed by atoms with Crippen LogP contribution in [0.2, 0.25) is 0 Å². The molecular weight excluding hydrogens is 348 g/mol. The number of likely N-dealkylation sites (tertiary alicyclic amines) is 1. The number of amides is 2. The first-order valence-electron chi connectivity index (χ1n) is 9.24. The van der Waals surface area contributed by atoms with Gasteiger partial charge in [0.15, 0.2) is 0 Å². The summed E-state index contributed by atoms with van der Waals surface area (Å²) in [6.45, 7) is 2.45. The number of piperidine rings is 1. The molecule has 0 aliphatic carbocycles. The van der Waals surface area contributed by atoms with Crippen molar-refractivity contribution in [1.82, 2.24) is 19.6 Å². The van der Waals surface area contributed by atoms with Gasteiger partial charge in [0.05, 0.1) is 13.3 Å². The summed E-state index contributed by atoms with van der Waals surface area (Å²) >= 11 is 0. The Morgan fingerprint density at radius 1 is 1.15 bits per heavy atom. The molecule has 144 valence electrons. The van der Waals surface area contributed by atoms with Crippen molar-refractivity contribution in [2.45, 2.75) is 25.5 Å². The summed E-state index contributed by atoms with van der Waals surface area (Å²) in [5, 5.41) is 9.20. The quantitative estimate of drug-likeness (QED) is 0.848. The molecular formula is C19H24N4O4. The number of nitrogens with zero attached hydrogens (tertiary/aromatic N) is 4. The molecule has 8 heteroatoms. The Hall–Kier alpha value is -2.74. The number of carbonyl (C=O) groups is 2. The number of aliphatic hydroxyl groups excluding tert-OH is 1. The minimum atomic E-state index is -0.299. The predicted octanol–water partition coefficient (Wildman–Crippen LogP) is 0.954. The lowest BCUT2D eigenvalue weighted by Gasteiger charge is -2.36. The van der Waals surface area contributed by atoms with E-state index in [1.807, 2.05) is 40.1 Å². The highest BCUT2D eigenvalue weighted by Crippen LogP contribution is 2.29. The Kier molecular flexibility index (Phi) is 4.89. The molecule has 2 fully saturated rings. The lowest BCUT2D eigenvalue weighted by atomic mass is 10.0. The SMILES string of the molecule is O=C(OCc1ccccc1)N1CCC(N2CN3CN(CO)C=C3C2=O)CC1. The fraction of sp³-hybridized carbons (Fsp3) is 0.474. The Labute approximate surface area is 158 Å². The zero-order valence-electron chi connectivity index (χ0n) is 15.2. The summed E-state index contributed by atoms with van der Waals surface area (Å²) in [4.78, 5) is 32.2. The molecule has 0 spiro atoms. The van der Waals surface area contributed by atoms with Crippen LogP contribution in [0, 0.1) is 0 Å². The van der Waals surface area contributed by atoms with Gasteiger partial charge in [0.25, 0.3) is 5.91 Å². The van der Waals surface area contributed by atoms with Crippen molar-refractivity contribution in [3.8, 4) is 0 Å². The molecule has 0 bridgehead atoms. The maximum Gasteiger partial charge on any atom is 0.410 e. The second kappa shape index (κ2) is 7.48. The molecule has 0 saturated carbocycles. The van der Waals surface area contributed by atoms with E-state index in [-0.39, 0.29) is 31.4 Å². The van der Waals surface area contributed by atoms with Crippen LogP contribution in [0.25, 0.3) is 0 Å². The molecule has 27 heavy (non-hydrogen) atoms. The van der Waals surface area contributed by atoms with Crippen molar-refractivity contribution in [2.24, 2.45) is 0 Å². The van der Waals surface area contributed by atoms with E-state index in [9.17, 15) is 14.7 Å². The highest BCUT2D eigenvalue weighted by Gasteiger charge is 2.41. The van der Waals surface area contributed by atoms with Gasteiger partial charge in [-0.1, -0.05) is 30.3 Å². The van der Waals surface area contributed by atoms with Crippen LogP contribution in [0.1, 0.15) is 18.4 Å². The molecule has 3 aliphatic heterocycles. The van der Waals surface area contributed by atoms with Gasteiger partial charge >= 0.3 is 6.09 Å². The number of hydrogen-bond donors (Lipinski definition) is 1. The van der Waals surface area contributed by atoms with Crippen molar-refractivity contribution < 1.29 is 19.4 Å². The smallest absolute Gasteiger partial charge is 0.410 e. The zero-order chi connectivity index (χ0) is 18.8. The van der Waals surface area contributed by atoms with Crippen LogP contribution in [-0.2, 0) is 16.1 Å². The molecule has 0 unspecified atom stereocenters. The van der Waals surface area contributed by atoms with Crippen molar-refractivity contribution in [3.63, 3.8) is 0 Å². The van der Waals surface area contributed by atoms with Crippen molar-refractivity contribution in [3.05, 3.63) is 47.8 Å². The molecule has 0 aromatic heterocycles. The minimum absolute atomic E-state index is 0.0102. The lowest BCUT2D eigenvalue weighted by Crippen LogP contribution is -2.48. The van der Waals surface area contributed by atoms with Crippen LogP contribution in [-0.4, -0.2) is 75.9 Å². The normalized spacial score (nSPS) is 20.2. The number of fused-ring (bicyclic) bond motifs is 1. The number of ether oxygens (including phenoxy) is 1. The van der Waals surface area contributed by atoms with Crippen LogP contribution < -0.4 is 0 Å². The van der Waals surface area contributed by atoms with Gasteiger partial charge in [-0.2, -0.15) is 0 Å². The minimum Gasteiger partial charge on any atom is -0.445 e. The van der Waals surface area contributed by atoms with Gasteiger partial charge in [-0.05, 0) is 18.4 Å². The Morgan fingerprint density at radius 3 is 2.56 bits per heavy atom. The van der Waals surface area contributed by atoms with E-state index in [4.69, 9.17) is 4.74 Å². The summed E-state index contributed by atoms with van der Waals surface area (Å²) in [7, 11) is 0. The molecule has 1 aromatic carbocycles. The van der Waals surface area contributed by atoms with Gasteiger partial charge in [0.1, 0.15) is 19.0 Å². The first kappa shape index (κ1) is 17.7. The van der Waals surface area contributed by atoms with Crippen LogP contribution in [0.4, 0.5) is 4.79 Å². The summed E-state index contributed by atoms with van der Waals surface area (Å²) in [6, 6.07) is 9.75. The topological polar surface area (TPSA) is 76.6 Å². The predicted molar refractivity (Wildman–Crippen MR) is 96.6 cm³/mol. The number of rotatable bonds is 4. The van der Waals surface area contributed by atoms with E-state index in [1.54, 1.807) is 16.0 Å². The number of benzene rings is 1. The van der Waals surface area contributed by atoms with E-state index in [0.29, 0.717) is 32.1 Å². The number of carbonyl (C=O) groups excluding carboxylic acids is 2. The van der Waals surface area contributed by atoms with Gasteiger partial charge in [0, 0.05) is 25.3 Å². The molecule has 3 aliphatic rings. The molecule has 0 radical (unpaired) electrons. The van der Waals surface area contributed by atoms with E-state index in [2.05, 4.69) is 0 Å². The molecule has 0 atom stereocenters. The van der Waals surface area contributed by atoms with Gasteiger partial charge in [-0.3, -0.25) is 4.79 Å². The zero-order valence-corrected chi connectivity index (χ0v) is 15.2. The first-order chi connectivity index (χ1) is 13.2. The molecule has 4 rings (SSSR count). The van der Waals surface area contributed by atoms with Crippen LogP contribution in [0.3, 0.4) is 0 Å². The standard InChI is InChI=1S/C19H24N4O4/c24-14-20-10-17-18(25)23(13-22(17)12-20)16-6-8-21(9-7-16)19(26)27-11-15-4-2-1-3-5-15/h1-5,10,16,24H,6-9,11-14H2. The fourth-order valence-electron chi connectivity index (χ4n) is 3.84. The lowest BCUT2D eigenvalue weighted by molar-refractivity contribution is -0.127. The van der Waals surface area contributed by atoms with Gasteiger partial charge < -0.3 is 29.4 Å². The summed E-state index contributed by atoms with van der Waals surface area (Å²) in [5.74, 6) is 0.0102. The maximum absolute atomic E-state index is 12.6. The highest BCUT2D eigenvalue weighted by atomic mass is 16.6. The maximum atomic E-state index is 12.6. The number of hydrogen-bond acceptors (Lipinski definition) is 6. The second-order valence-corrected chi connectivity index (χ2v) is 7.10. The van der Waals surface area contributed by atoms with Crippen molar-refractivity contribution in [1.29, 1.82) is 0 Å². The molecule has 1 N–H and O–H groups in total. The Bertz CT molecular complexity index is 730.